The molecule has 0 spiro atoms. The molecular formula is C13H9FN2O2. The minimum Gasteiger partial charge on any atom is -0.456 e. The Hall–Kier alpha value is -2.45. The molecule has 2 rings (SSSR count). The number of nitriles is 1. The van der Waals surface area contributed by atoms with Crippen molar-refractivity contribution in [1.29, 1.82) is 5.26 Å². The Morgan fingerprint density at radius 3 is 2.61 bits per heavy atom. The number of hydrogen-bond donors (Lipinski definition) is 1. The zero-order chi connectivity index (χ0) is 13.0. The molecule has 1 heterocycles. The van der Waals surface area contributed by atoms with Crippen molar-refractivity contribution in [1.82, 2.24) is 4.98 Å². The molecule has 0 unspecified atom stereocenters. The van der Waals surface area contributed by atoms with E-state index in [-0.39, 0.29) is 29.4 Å². The van der Waals surface area contributed by atoms with Gasteiger partial charge in [-0.3, -0.25) is 4.98 Å². The van der Waals surface area contributed by atoms with Gasteiger partial charge in [-0.25, -0.2) is 4.39 Å². The Kier molecular flexibility index (Phi) is 3.51. The number of nitrogens with zero attached hydrogens (tertiary/aromatic N) is 2. The van der Waals surface area contributed by atoms with Crippen molar-refractivity contribution in [2.24, 2.45) is 0 Å². The van der Waals surface area contributed by atoms with Gasteiger partial charge in [-0.05, 0) is 24.3 Å². The summed E-state index contributed by atoms with van der Waals surface area (Å²) in [7, 11) is 0. The van der Waals surface area contributed by atoms with Crippen molar-refractivity contribution >= 4 is 0 Å². The van der Waals surface area contributed by atoms with Gasteiger partial charge in [0.15, 0.2) is 0 Å². The lowest BCUT2D eigenvalue weighted by Crippen LogP contribution is -1.97. The highest BCUT2D eigenvalue weighted by molar-refractivity contribution is 5.47. The first kappa shape index (κ1) is 12.0. The number of rotatable bonds is 3. The molecule has 0 aliphatic rings. The second kappa shape index (κ2) is 5.25. The maximum atomic E-state index is 12.7. The van der Waals surface area contributed by atoms with Crippen LogP contribution in [0.25, 0.3) is 0 Å². The van der Waals surface area contributed by atoms with Gasteiger partial charge in [-0.1, -0.05) is 0 Å². The molecule has 0 bridgehead atoms. The lowest BCUT2D eigenvalue weighted by Gasteiger charge is -2.08. The summed E-state index contributed by atoms with van der Waals surface area (Å²) < 4.78 is 18.2. The molecule has 5 heteroatoms. The van der Waals surface area contributed by atoms with Gasteiger partial charge in [0.25, 0.3) is 0 Å². The predicted octanol–water partition coefficient (Wildman–Crippen LogP) is 2.38. The van der Waals surface area contributed by atoms with E-state index in [0.29, 0.717) is 5.75 Å². The van der Waals surface area contributed by atoms with E-state index in [4.69, 9.17) is 15.1 Å². The zero-order valence-corrected chi connectivity index (χ0v) is 9.30. The third-order valence-electron chi connectivity index (χ3n) is 2.29. The van der Waals surface area contributed by atoms with Crippen LogP contribution in [-0.4, -0.2) is 10.1 Å². The highest BCUT2D eigenvalue weighted by atomic mass is 19.1. The van der Waals surface area contributed by atoms with Crippen LogP contribution < -0.4 is 4.74 Å². The Morgan fingerprint density at radius 2 is 2.00 bits per heavy atom. The lowest BCUT2D eigenvalue weighted by atomic mass is 10.2. The summed E-state index contributed by atoms with van der Waals surface area (Å²) in [4.78, 5) is 3.87. The first-order valence-electron chi connectivity index (χ1n) is 5.17. The first-order valence-corrected chi connectivity index (χ1v) is 5.17. The van der Waals surface area contributed by atoms with E-state index in [1.165, 1.54) is 36.5 Å². The number of aliphatic hydroxyl groups is 1. The molecule has 0 amide bonds. The summed E-state index contributed by atoms with van der Waals surface area (Å²) in [5, 5.41) is 18.1. The molecule has 1 N–H and O–H groups in total. The zero-order valence-electron chi connectivity index (χ0n) is 9.30. The summed E-state index contributed by atoms with van der Waals surface area (Å²) in [5.74, 6) is 0.319. The Labute approximate surface area is 103 Å². The molecule has 4 nitrogen and oxygen atoms in total. The first-order chi connectivity index (χ1) is 8.74. The number of ether oxygens (including phenoxy) is 1. The molecule has 0 radical (unpaired) electrons. The molecule has 0 fully saturated rings. The van der Waals surface area contributed by atoms with E-state index >= 15 is 0 Å². The summed E-state index contributed by atoms with van der Waals surface area (Å²) in [6.45, 7) is -0.344. The van der Waals surface area contributed by atoms with E-state index in [0.717, 1.165) is 0 Å². The fourth-order valence-corrected chi connectivity index (χ4v) is 1.44. The third kappa shape index (κ3) is 2.44. The van der Waals surface area contributed by atoms with Crippen LogP contribution in [0.1, 0.15) is 11.3 Å². The second-order valence-corrected chi connectivity index (χ2v) is 3.46. The molecule has 1 aromatic carbocycles. The van der Waals surface area contributed by atoms with Gasteiger partial charge < -0.3 is 9.84 Å². The third-order valence-corrected chi connectivity index (χ3v) is 2.29. The molecule has 0 saturated heterocycles. The minimum atomic E-state index is -0.367. The standard InChI is InChI=1S/C13H9FN2O2/c14-9-1-3-10(4-2-9)18-13-5-6-16-12(8-17)11(13)7-15/h1-6,17H,8H2. The van der Waals surface area contributed by atoms with Crippen LogP contribution in [0.5, 0.6) is 11.5 Å². The minimum absolute atomic E-state index is 0.171. The van der Waals surface area contributed by atoms with Crippen LogP contribution in [0.2, 0.25) is 0 Å². The van der Waals surface area contributed by atoms with Crippen molar-refractivity contribution in [2.45, 2.75) is 6.61 Å². The van der Waals surface area contributed by atoms with E-state index < -0.39 is 0 Å². The van der Waals surface area contributed by atoms with Gasteiger partial charge in [0, 0.05) is 12.3 Å². The average Bonchev–Trinajstić information content (AvgIpc) is 2.41. The van der Waals surface area contributed by atoms with Gasteiger partial charge in [-0.15, -0.1) is 0 Å². The van der Waals surface area contributed by atoms with Crippen LogP contribution >= 0.6 is 0 Å². The van der Waals surface area contributed by atoms with E-state index in [2.05, 4.69) is 4.98 Å². The van der Waals surface area contributed by atoms with E-state index in [9.17, 15) is 4.39 Å². The normalized spacial score (nSPS) is 9.83. The molecule has 90 valence electrons. The maximum Gasteiger partial charge on any atom is 0.148 e. The van der Waals surface area contributed by atoms with Crippen LogP contribution in [0.4, 0.5) is 4.39 Å². The predicted molar refractivity (Wildman–Crippen MR) is 61.3 cm³/mol. The van der Waals surface area contributed by atoms with E-state index in [1.54, 1.807) is 0 Å². The largest absolute Gasteiger partial charge is 0.456 e. The van der Waals surface area contributed by atoms with Crippen LogP contribution in [0.3, 0.4) is 0 Å². The highest BCUT2D eigenvalue weighted by Crippen LogP contribution is 2.26. The van der Waals surface area contributed by atoms with Crippen LogP contribution in [0.15, 0.2) is 36.5 Å². The molecule has 0 saturated carbocycles. The maximum absolute atomic E-state index is 12.7. The number of benzene rings is 1. The summed E-state index contributed by atoms with van der Waals surface area (Å²) in [6, 6.07) is 8.87. The molecule has 18 heavy (non-hydrogen) atoms. The topological polar surface area (TPSA) is 66.1 Å². The average molecular weight is 244 g/mol. The van der Waals surface area contributed by atoms with Crippen molar-refractivity contribution in [3.05, 3.63) is 53.6 Å². The summed E-state index contributed by atoms with van der Waals surface area (Å²) in [5.41, 5.74) is 0.418. The molecule has 1 aromatic heterocycles. The number of aromatic nitrogens is 1. The Morgan fingerprint density at radius 1 is 1.28 bits per heavy atom. The van der Waals surface area contributed by atoms with Crippen molar-refractivity contribution in [2.75, 3.05) is 0 Å². The summed E-state index contributed by atoms with van der Waals surface area (Å²) in [6.07, 6.45) is 1.44. The Bertz CT molecular complexity index is 591. The summed E-state index contributed by atoms with van der Waals surface area (Å²) >= 11 is 0. The smallest absolute Gasteiger partial charge is 0.148 e. The number of aliphatic hydroxyl groups excluding tert-OH is 1. The van der Waals surface area contributed by atoms with Crippen molar-refractivity contribution in [3.8, 4) is 17.6 Å². The number of pyridine rings is 1. The second-order valence-electron chi connectivity index (χ2n) is 3.46. The van der Waals surface area contributed by atoms with Crippen molar-refractivity contribution < 1.29 is 14.2 Å². The number of halogens is 1. The number of hydrogen-bond acceptors (Lipinski definition) is 4. The lowest BCUT2D eigenvalue weighted by molar-refractivity contribution is 0.275. The van der Waals surface area contributed by atoms with Gasteiger partial charge in [0.05, 0.1) is 12.3 Å². The fraction of sp³-hybridized carbons (Fsp3) is 0.0769. The molecular weight excluding hydrogens is 235 g/mol. The van der Waals surface area contributed by atoms with E-state index in [1.807, 2.05) is 6.07 Å². The molecule has 0 aliphatic carbocycles. The van der Waals surface area contributed by atoms with Crippen molar-refractivity contribution in [3.63, 3.8) is 0 Å². The van der Waals surface area contributed by atoms with Crippen LogP contribution in [-0.2, 0) is 6.61 Å². The van der Waals surface area contributed by atoms with Gasteiger partial charge >= 0.3 is 0 Å². The van der Waals surface area contributed by atoms with Gasteiger partial charge in [0.2, 0.25) is 0 Å². The quantitative estimate of drug-likeness (QED) is 0.900. The monoisotopic (exact) mass is 244 g/mol. The Balaban J connectivity index is 2.35. The SMILES string of the molecule is N#Cc1c(Oc2ccc(F)cc2)ccnc1CO. The molecule has 0 aliphatic heterocycles. The van der Waals surface area contributed by atoms with Gasteiger partial charge in [0.1, 0.15) is 28.9 Å². The molecule has 2 aromatic rings. The van der Waals surface area contributed by atoms with Crippen LogP contribution in [0, 0.1) is 17.1 Å². The van der Waals surface area contributed by atoms with Gasteiger partial charge in [-0.2, -0.15) is 5.26 Å². The fourth-order valence-electron chi connectivity index (χ4n) is 1.44. The molecule has 0 atom stereocenters. The highest BCUT2D eigenvalue weighted by Gasteiger charge is 2.10.